The molecular formula is C28H20ClF3N8O. The average Bonchev–Trinajstić information content (AvgIpc) is 2.93. The van der Waals surface area contributed by atoms with Crippen molar-refractivity contribution in [2.45, 2.75) is 19.1 Å². The number of aromatic nitrogens is 5. The molecule has 0 fully saturated rings. The van der Waals surface area contributed by atoms with Crippen molar-refractivity contribution in [3.8, 4) is 17.5 Å². The maximum atomic E-state index is 13.6. The molecule has 0 aliphatic rings. The minimum Gasteiger partial charge on any atom is -0.384 e. The monoisotopic (exact) mass is 576 g/mol. The SMILES string of the molecule is C[C@H](Nc1ncc(C#Cc2cnc(N)cc2C(F)(F)F)c(N)n1)c1nc2cccc(Cl)c2c(=O)n1-c1ccccc1. The van der Waals surface area contributed by atoms with Gasteiger partial charge >= 0.3 is 6.18 Å². The summed E-state index contributed by atoms with van der Waals surface area (Å²) in [6.45, 7) is 1.76. The number of halogens is 4. The van der Waals surface area contributed by atoms with E-state index in [1.807, 2.05) is 6.07 Å². The molecule has 0 spiro atoms. The van der Waals surface area contributed by atoms with E-state index in [1.165, 1.54) is 10.8 Å². The van der Waals surface area contributed by atoms with Crippen LogP contribution in [0.5, 0.6) is 0 Å². The molecule has 0 radical (unpaired) electrons. The molecule has 1 atom stereocenters. The van der Waals surface area contributed by atoms with Crippen LogP contribution in [0.1, 0.15) is 35.5 Å². The lowest BCUT2D eigenvalue weighted by atomic mass is 10.1. The van der Waals surface area contributed by atoms with Gasteiger partial charge in [-0.05, 0) is 37.3 Å². The molecule has 206 valence electrons. The minimum absolute atomic E-state index is 0.0714. The first-order chi connectivity index (χ1) is 19.5. The normalized spacial score (nSPS) is 12.0. The average molecular weight is 577 g/mol. The van der Waals surface area contributed by atoms with Crippen LogP contribution >= 0.6 is 11.6 Å². The van der Waals surface area contributed by atoms with Gasteiger partial charge < -0.3 is 16.8 Å². The molecule has 2 aromatic carbocycles. The summed E-state index contributed by atoms with van der Waals surface area (Å²) in [6.07, 6.45) is -2.45. The molecular weight excluding hydrogens is 557 g/mol. The van der Waals surface area contributed by atoms with Gasteiger partial charge in [0.2, 0.25) is 5.95 Å². The summed E-state index contributed by atoms with van der Waals surface area (Å²) in [5.74, 6) is 5.07. The van der Waals surface area contributed by atoms with Gasteiger partial charge in [0, 0.05) is 6.20 Å². The zero-order chi connectivity index (χ0) is 29.3. The van der Waals surface area contributed by atoms with Crippen LogP contribution in [0, 0.1) is 11.8 Å². The van der Waals surface area contributed by atoms with Crippen molar-refractivity contribution in [2.75, 3.05) is 16.8 Å². The zero-order valence-electron chi connectivity index (χ0n) is 21.2. The van der Waals surface area contributed by atoms with Crippen LogP contribution in [0.25, 0.3) is 16.6 Å². The number of nitrogens with two attached hydrogens (primary N) is 2. The summed E-state index contributed by atoms with van der Waals surface area (Å²) in [4.78, 5) is 30.4. The van der Waals surface area contributed by atoms with Gasteiger partial charge in [0.15, 0.2) is 0 Å². The Hall–Kier alpha value is -5.15. The first-order valence-corrected chi connectivity index (χ1v) is 12.4. The Labute approximate surface area is 236 Å². The number of fused-ring (bicyclic) bond motifs is 1. The van der Waals surface area contributed by atoms with Crippen LogP contribution in [-0.4, -0.2) is 24.5 Å². The van der Waals surface area contributed by atoms with E-state index in [1.54, 1.807) is 49.4 Å². The van der Waals surface area contributed by atoms with Crippen molar-refractivity contribution in [3.05, 3.63) is 105 Å². The Morgan fingerprint density at radius 1 is 0.976 bits per heavy atom. The Kier molecular flexibility index (Phi) is 7.21. The second-order valence-corrected chi connectivity index (χ2v) is 9.25. The first-order valence-electron chi connectivity index (χ1n) is 12.0. The van der Waals surface area contributed by atoms with E-state index >= 15 is 0 Å². The predicted octanol–water partition coefficient (Wildman–Crippen LogP) is 4.98. The highest BCUT2D eigenvalue weighted by Gasteiger charge is 2.33. The van der Waals surface area contributed by atoms with Gasteiger partial charge in [-0.3, -0.25) is 9.36 Å². The molecule has 41 heavy (non-hydrogen) atoms. The Morgan fingerprint density at radius 3 is 2.39 bits per heavy atom. The zero-order valence-corrected chi connectivity index (χ0v) is 22.0. The van der Waals surface area contributed by atoms with Crippen molar-refractivity contribution in [3.63, 3.8) is 0 Å². The number of nitrogens with one attached hydrogen (secondary N) is 1. The van der Waals surface area contributed by atoms with Crippen molar-refractivity contribution in [1.29, 1.82) is 0 Å². The van der Waals surface area contributed by atoms with Gasteiger partial charge in [0.25, 0.3) is 5.56 Å². The largest absolute Gasteiger partial charge is 0.417 e. The predicted molar refractivity (Wildman–Crippen MR) is 150 cm³/mol. The number of hydrogen-bond acceptors (Lipinski definition) is 8. The van der Waals surface area contributed by atoms with Gasteiger partial charge in [0.1, 0.15) is 17.5 Å². The van der Waals surface area contributed by atoms with Crippen molar-refractivity contribution < 1.29 is 13.2 Å². The minimum atomic E-state index is -4.67. The molecule has 0 bridgehead atoms. The summed E-state index contributed by atoms with van der Waals surface area (Å²) >= 11 is 6.34. The van der Waals surface area contributed by atoms with Crippen LogP contribution in [0.3, 0.4) is 0 Å². The van der Waals surface area contributed by atoms with Crippen LogP contribution in [0.4, 0.5) is 30.8 Å². The molecule has 5 N–H and O–H groups in total. The molecule has 0 aliphatic heterocycles. The summed E-state index contributed by atoms with van der Waals surface area (Å²) in [7, 11) is 0. The molecule has 0 saturated carbocycles. The summed E-state index contributed by atoms with van der Waals surface area (Å²) in [6, 6.07) is 14.1. The lowest BCUT2D eigenvalue weighted by Gasteiger charge is -2.20. The Balaban J connectivity index is 1.49. The molecule has 0 unspecified atom stereocenters. The van der Waals surface area contributed by atoms with E-state index in [9.17, 15) is 18.0 Å². The van der Waals surface area contributed by atoms with Gasteiger partial charge in [-0.2, -0.15) is 18.2 Å². The topological polar surface area (TPSA) is 138 Å². The van der Waals surface area contributed by atoms with Crippen molar-refractivity contribution in [2.24, 2.45) is 0 Å². The quantitative estimate of drug-likeness (QED) is 0.255. The molecule has 3 heterocycles. The maximum Gasteiger partial charge on any atom is 0.417 e. The third-order valence-corrected chi connectivity index (χ3v) is 6.32. The number of nitrogen functional groups attached to an aromatic ring is 2. The number of nitrogens with zero attached hydrogens (tertiary/aromatic N) is 5. The number of anilines is 3. The number of para-hydroxylation sites is 1. The number of alkyl halides is 3. The van der Waals surface area contributed by atoms with E-state index in [2.05, 4.69) is 32.1 Å². The van der Waals surface area contributed by atoms with Gasteiger partial charge in [0.05, 0.1) is 50.5 Å². The molecule has 5 aromatic rings. The lowest BCUT2D eigenvalue weighted by molar-refractivity contribution is -0.137. The highest BCUT2D eigenvalue weighted by atomic mass is 35.5. The third kappa shape index (κ3) is 5.61. The van der Waals surface area contributed by atoms with Crippen molar-refractivity contribution >= 4 is 40.1 Å². The first kappa shape index (κ1) is 27.4. The highest BCUT2D eigenvalue weighted by molar-refractivity contribution is 6.35. The van der Waals surface area contributed by atoms with Crippen LogP contribution in [0.15, 0.2) is 71.8 Å². The number of benzene rings is 2. The summed E-state index contributed by atoms with van der Waals surface area (Å²) in [5, 5.41) is 3.63. The Morgan fingerprint density at radius 2 is 1.68 bits per heavy atom. The molecule has 3 aromatic heterocycles. The molecule has 0 saturated heterocycles. The third-order valence-electron chi connectivity index (χ3n) is 6.00. The molecule has 13 heteroatoms. The van der Waals surface area contributed by atoms with E-state index < -0.39 is 17.8 Å². The van der Waals surface area contributed by atoms with Crippen LogP contribution < -0.4 is 22.3 Å². The molecule has 5 rings (SSSR count). The fourth-order valence-electron chi connectivity index (χ4n) is 4.08. The molecule has 0 aliphatic carbocycles. The smallest absolute Gasteiger partial charge is 0.384 e. The Bertz CT molecular complexity index is 1900. The number of rotatable bonds is 4. The van der Waals surface area contributed by atoms with E-state index in [-0.39, 0.29) is 44.7 Å². The van der Waals surface area contributed by atoms with Crippen molar-refractivity contribution in [1.82, 2.24) is 24.5 Å². The van der Waals surface area contributed by atoms with E-state index in [0.29, 0.717) is 23.1 Å². The lowest BCUT2D eigenvalue weighted by Crippen LogP contribution is -2.27. The summed E-state index contributed by atoms with van der Waals surface area (Å²) in [5.41, 5.74) is 10.8. The van der Waals surface area contributed by atoms with E-state index in [0.717, 1.165) is 6.20 Å². The molecule has 0 amide bonds. The fourth-order valence-corrected chi connectivity index (χ4v) is 4.33. The standard InChI is InChI=1S/C28H20ClF3N8O/c1-15(25-38-21-9-5-8-20(29)23(21)26(41)40(25)18-6-3-2-4-7-18)37-27-36-14-17(24(34)39-27)11-10-16-13-35-22(33)12-19(16)28(30,31)32/h2-9,12-15H,1H3,(H2,33,35)(H3,34,36,37,39)/t15-/m0/s1. The number of pyridine rings is 1. The maximum absolute atomic E-state index is 13.6. The second kappa shape index (κ2) is 10.8. The summed E-state index contributed by atoms with van der Waals surface area (Å²) < 4.78 is 41.6. The van der Waals surface area contributed by atoms with E-state index in [4.69, 9.17) is 28.1 Å². The van der Waals surface area contributed by atoms with Crippen LogP contribution in [0.2, 0.25) is 5.02 Å². The van der Waals surface area contributed by atoms with Gasteiger partial charge in [-0.1, -0.05) is 47.7 Å². The van der Waals surface area contributed by atoms with Gasteiger partial charge in [-0.25, -0.2) is 15.0 Å². The van der Waals surface area contributed by atoms with Gasteiger partial charge in [-0.15, -0.1) is 0 Å². The number of hydrogen-bond donors (Lipinski definition) is 3. The highest BCUT2D eigenvalue weighted by Crippen LogP contribution is 2.32. The van der Waals surface area contributed by atoms with Crippen LogP contribution in [-0.2, 0) is 6.18 Å². The fraction of sp³-hybridized carbons (Fsp3) is 0.107. The second-order valence-electron chi connectivity index (χ2n) is 8.84. The molecule has 9 nitrogen and oxygen atoms in total.